The zero-order valence-corrected chi connectivity index (χ0v) is 11.1. The first-order chi connectivity index (χ1) is 8.54. The van der Waals surface area contributed by atoms with Gasteiger partial charge in [0.25, 0.3) is 5.69 Å². The van der Waals surface area contributed by atoms with Crippen LogP contribution in [0.4, 0.5) is 5.69 Å². The summed E-state index contributed by atoms with van der Waals surface area (Å²) in [7, 11) is 0. The van der Waals surface area contributed by atoms with E-state index in [1.807, 2.05) is 6.92 Å². The third kappa shape index (κ3) is 4.33. The van der Waals surface area contributed by atoms with Crippen molar-refractivity contribution in [3.63, 3.8) is 0 Å². The minimum Gasteiger partial charge on any atom is -0.494 e. The van der Waals surface area contributed by atoms with Crippen LogP contribution in [0.3, 0.4) is 0 Å². The molecular weight excluding hydrogens is 232 g/mol. The maximum absolute atomic E-state index is 10.7. The third-order valence-corrected chi connectivity index (χ3v) is 2.42. The van der Waals surface area contributed by atoms with Crippen LogP contribution in [0, 0.1) is 16.0 Å². The minimum atomic E-state index is -0.387. The normalized spacial score (nSPS) is 10.7. The Morgan fingerprint density at radius 3 is 2.72 bits per heavy atom. The fourth-order valence-electron chi connectivity index (χ4n) is 1.61. The molecule has 5 heteroatoms. The molecule has 1 N–H and O–H groups in total. The number of hydrogen-bond donors (Lipinski definition) is 1. The molecule has 1 aromatic carbocycles. The Labute approximate surface area is 107 Å². The molecule has 0 aromatic heterocycles. The first-order valence-corrected chi connectivity index (χ1v) is 6.15. The molecule has 5 nitrogen and oxygen atoms in total. The zero-order valence-electron chi connectivity index (χ0n) is 11.1. The third-order valence-electron chi connectivity index (χ3n) is 2.42. The number of rotatable bonds is 7. The molecule has 0 saturated heterocycles. The summed E-state index contributed by atoms with van der Waals surface area (Å²) in [6, 6.07) is 4.70. The highest BCUT2D eigenvalue weighted by Crippen LogP contribution is 2.24. The highest BCUT2D eigenvalue weighted by atomic mass is 16.6. The monoisotopic (exact) mass is 252 g/mol. The van der Waals surface area contributed by atoms with E-state index in [1.165, 1.54) is 6.07 Å². The average molecular weight is 252 g/mol. The van der Waals surface area contributed by atoms with E-state index in [0.29, 0.717) is 24.8 Å². The van der Waals surface area contributed by atoms with Crippen LogP contribution < -0.4 is 10.1 Å². The van der Waals surface area contributed by atoms with E-state index < -0.39 is 0 Å². The van der Waals surface area contributed by atoms with E-state index in [4.69, 9.17) is 4.74 Å². The number of non-ortho nitro benzene ring substituents is 1. The number of nitrogens with one attached hydrogen (secondary N) is 1. The lowest BCUT2D eigenvalue weighted by atomic mass is 10.1. The highest BCUT2D eigenvalue weighted by Gasteiger charge is 2.11. The first-order valence-electron chi connectivity index (χ1n) is 6.15. The van der Waals surface area contributed by atoms with Crippen molar-refractivity contribution in [1.29, 1.82) is 0 Å². The maximum Gasteiger partial charge on any atom is 0.270 e. The topological polar surface area (TPSA) is 64.4 Å². The predicted molar refractivity (Wildman–Crippen MR) is 70.8 cm³/mol. The second-order valence-corrected chi connectivity index (χ2v) is 4.51. The van der Waals surface area contributed by atoms with E-state index in [-0.39, 0.29) is 10.6 Å². The van der Waals surface area contributed by atoms with Crippen molar-refractivity contribution in [3.8, 4) is 5.75 Å². The van der Waals surface area contributed by atoms with Crippen molar-refractivity contribution in [2.75, 3.05) is 13.2 Å². The van der Waals surface area contributed by atoms with Crippen LogP contribution in [-0.4, -0.2) is 18.1 Å². The largest absolute Gasteiger partial charge is 0.494 e. The molecule has 1 rings (SSSR count). The van der Waals surface area contributed by atoms with Crippen molar-refractivity contribution in [2.45, 2.75) is 27.3 Å². The fourth-order valence-corrected chi connectivity index (χ4v) is 1.61. The van der Waals surface area contributed by atoms with Gasteiger partial charge in [0, 0.05) is 24.2 Å². The number of hydrogen-bond acceptors (Lipinski definition) is 4. The summed E-state index contributed by atoms with van der Waals surface area (Å²) >= 11 is 0. The molecular formula is C13H20N2O3. The van der Waals surface area contributed by atoms with Crippen LogP contribution in [0.5, 0.6) is 5.75 Å². The van der Waals surface area contributed by atoms with Gasteiger partial charge in [0.2, 0.25) is 0 Å². The molecule has 0 aliphatic heterocycles. The smallest absolute Gasteiger partial charge is 0.270 e. The lowest BCUT2D eigenvalue weighted by Crippen LogP contribution is -2.19. The summed E-state index contributed by atoms with van der Waals surface area (Å²) < 4.78 is 5.47. The Balaban J connectivity index is 2.82. The molecule has 0 fully saturated rings. The quantitative estimate of drug-likeness (QED) is 0.598. The molecule has 0 aliphatic rings. The van der Waals surface area contributed by atoms with Gasteiger partial charge >= 0.3 is 0 Å². The van der Waals surface area contributed by atoms with Crippen molar-refractivity contribution in [3.05, 3.63) is 33.9 Å². The summed E-state index contributed by atoms with van der Waals surface area (Å²) in [5, 5.41) is 14.0. The number of ether oxygens (including phenoxy) is 1. The Kier molecular flexibility index (Phi) is 5.58. The van der Waals surface area contributed by atoms with Crippen LogP contribution in [0.1, 0.15) is 26.3 Å². The second-order valence-electron chi connectivity index (χ2n) is 4.51. The van der Waals surface area contributed by atoms with Gasteiger partial charge in [-0.2, -0.15) is 0 Å². The molecule has 0 spiro atoms. The molecule has 0 bridgehead atoms. The van der Waals surface area contributed by atoms with Crippen LogP contribution >= 0.6 is 0 Å². The van der Waals surface area contributed by atoms with E-state index in [9.17, 15) is 10.1 Å². The SMILES string of the molecule is CCOc1ccc([N+](=O)[O-])cc1CNCC(C)C. The molecule has 0 atom stereocenters. The molecule has 0 unspecified atom stereocenters. The van der Waals surface area contributed by atoms with Crippen LogP contribution in [-0.2, 0) is 6.54 Å². The summed E-state index contributed by atoms with van der Waals surface area (Å²) in [5.74, 6) is 1.25. The van der Waals surface area contributed by atoms with Gasteiger partial charge < -0.3 is 10.1 Å². The molecule has 100 valence electrons. The fraction of sp³-hybridized carbons (Fsp3) is 0.538. The Morgan fingerprint density at radius 1 is 1.44 bits per heavy atom. The lowest BCUT2D eigenvalue weighted by Gasteiger charge is -2.12. The molecule has 0 aliphatic carbocycles. The number of nitro benzene ring substituents is 1. The van der Waals surface area contributed by atoms with Gasteiger partial charge in [-0.05, 0) is 25.5 Å². The summed E-state index contributed by atoms with van der Waals surface area (Å²) in [6.07, 6.45) is 0. The highest BCUT2D eigenvalue weighted by molar-refractivity contribution is 5.43. The van der Waals surface area contributed by atoms with Crippen molar-refractivity contribution >= 4 is 5.69 Å². The van der Waals surface area contributed by atoms with Gasteiger partial charge in [-0.1, -0.05) is 13.8 Å². The number of benzene rings is 1. The molecule has 0 amide bonds. The van der Waals surface area contributed by atoms with Gasteiger partial charge in [0.15, 0.2) is 0 Å². The second kappa shape index (κ2) is 6.96. The van der Waals surface area contributed by atoms with Gasteiger partial charge in [0.05, 0.1) is 11.5 Å². The first kappa shape index (κ1) is 14.4. The summed E-state index contributed by atoms with van der Waals surface area (Å²) in [4.78, 5) is 10.4. The number of nitrogens with zero attached hydrogens (tertiary/aromatic N) is 1. The Morgan fingerprint density at radius 2 is 2.17 bits per heavy atom. The minimum absolute atomic E-state index is 0.0970. The molecule has 1 aromatic rings. The Bertz CT molecular complexity index is 405. The molecule has 0 saturated carbocycles. The van der Waals surface area contributed by atoms with Crippen LogP contribution in [0.15, 0.2) is 18.2 Å². The standard InChI is InChI=1S/C13H20N2O3/c1-4-18-13-6-5-12(15(16)17)7-11(13)9-14-8-10(2)3/h5-7,10,14H,4,8-9H2,1-3H3. The van der Waals surface area contributed by atoms with Gasteiger partial charge in [0.1, 0.15) is 5.75 Å². The van der Waals surface area contributed by atoms with Crippen LogP contribution in [0.25, 0.3) is 0 Å². The molecule has 18 heavy (non-hydrogen) atoms. The molecule has 0 radical (unpaired) electrons. The van der Waals surface area contributed by atoms with Gasteiger partial charge in [-0.15, -0.1) is 0 Å². The van der Waals surface area contributed by atoms with Crippen molar-refractivity contribution in [1.82, 2.24) is 5.32 Å². The van der Waals surface area contributed by atoms with E-state index in [0.717, 1.165) is 12.1 Å². The van der Waals surface area contributed by atoms with E-state index in [1.54, 1.807) is 12.1 Å². The summed E-state index contributed by atoms with van der Waals surface area (Å²) in [6.45, 7) is 8.12. The average Bonchev–Trinajstić information content (AvgIpc) is 2.30. The zero-order chi connectivity index (χ0) is 13.5. The predicted octanol–water partition coefficient (Wildman–Crippen LogP) is 2.74. The van der Waals surface area contributed by atoms with E-state index in [2.05, 4.69) is 19.2 Å². The van der Waals surface area contributed by atoms with Crippen molar-refractivity contribution < 1.29 is 9.66 Å². The van der Waals surface area contributed by atoms with E-state index >= 15 is 0 Å². The van der Waals surface area contributed by atoms with Gasteiger partial charge in [-0.3, -0.25) is 10.1 Å². The lowest BCUT2D eigenvalue weighted by molar-refractivity contribution is -0.384. The number of nitro groups is 1. The van der Waals surface area contributed by atoms with Crippen LogP contribution in [0.2, 0.25) is 0 Å². The molecule has 0 heterocycles. The van der Waals surface area contributed by atoms with Crippen molar-refractivity contribution in [2.24, 2.45) is 5.92 Å². The summed E-state index contributed by atoms with van der Waals surface area (Å²) in [5.41, 5.74) is 0.923. The van der Waals surface area contributed by atoms with Gasteiger partial charge in [-0.25, -0.2) is 0 Å². The Hall–Kier alpha value is -1.62. The maximum atomic E-state index is 10.7.